The minimum Gasteiger partial charge on any atom is -0.368 e. The predicted molar refractivity (Wildman–Crippen MR) is 148 cm³/mol. The fourth-order valence-electron chi connectivity index (χ4n) is 5.52. The lowest BCUT2D eigenvalue weighted by molar-refractivity contribution is -0.132. The molecule has 0 unspecified atom stereocenters. The van der Waals surface area contributed by atoms with Crippen LogP contribution < -0.4 is 10.2 Å². The van der Waals surface area contributed by atoms with Gasteiger partial charge in [0.25, 0.3) is 0 Å². The van der Waals surface area contributed by atoms with Gasteiger partial charge >= 0.3 is 0 Å². The Morgan fingerprint density at radius 1 is 1.24 bits per heavy atom. The van der Waals surface area contributed by atoms with E-state index < -0.39 is 5.41 Å². The Morgan fingerprint density at radius 3 is 2.54 bits per heavy atom. The molecule has 1 aromatic rings. The van der Waals surface area contributed by atoms with Crippen molar-refractivity contribution in [3.63, 3.8) is 0 Å². The Kier molecular flexibility index (Phi) is 7.73. The van der Waals surface area contributed by atoms with E-state index in [0.29, 0.717) is 29.2 Å². The molecule has 1 N–H and O–H groups in total. The third-order valence-electron chi connectivity index (χ3n) is 7.81. The van der Waals surface area contributed by atoms with Crippen LogP contribution in [0.5, 0.6) is 0 Å². The maximum Gasteiger partial charge on any atom is 0.225 e. The number of hydrogen-bond donors (Lipinski definition) is 1. The lowest BCUT2D eigenvalue weighted by Crippen LogP contribution is -2.49. The number of aryl methyl sites for hydroxylation is 1. The average Bonchev–Trinajstić information content (AvgIpc) is 3.74. The van der Waals surface area contributed by atoms with E-state index in [4.69, 9.17) is 0 Å². The monoisotopic (exact) mass is 498 g/mol. The van der Waals surface area contributed by atoms with Crippen LogP contribution in [0.2, 0.25) is 0 Å². The zero-order valence-corrected chi connectivity index (χ0v) is 22.6. The zero-order chi connectivity index (χ0) is 26.7. The van der Waals surface area contributed by atoms with Crippen molar-refractivity contribution in [1.82, 2.24) is 10.2 Å². The van der Waals surface area contributed by atoms with Crippen molar-refractivity contribution in [2.75, 3.05) is 31.1 Å². The average molecular weight is 499 g/mol. The van der Waals surface area contributed by atoms with Gasteiger partial charge in [0.05, 0.1) is 11.6 Å². The van der Waals surface area contributed by atoms with Crippen LogP contribution in [0.25, 0.3) is 0 Å². The van der Waals surface area contributed by atoms with Crippen molar-refractivity contribution in [2.24, 2.45) is 5.92 Å². The largest absolute Gasteiger partial charge is 0.368 e. The van der Waals surface area contributed by atoms with Crippen molar-refractivity contribution < 1.29 is 9.59 Å². The molecule has 0 aromatic heterocycles. The first kappa shape index (κ1) is 26.5. The minimum absolute atomic E-state index is 0.248. The molecule has 3 aliphatic rings. The molecule has 0 atom stereocenters. The number of benzene rings is 1. The lowest BCUT2D eigenvalue weighted by Gasteiger charge is -2.39. The summed E-state index contributed by atoms with van der Waals surface area (Å²) in [4.78, 5) is 29.3. The van der Waals surface area contributed by atoms with Gasteiger partial charge in [-0.2, -0.15) is 5.26 Å². The summed E-state index contributed by atoms with van der Waals surface area (Å²) < 4.78 is 0. The summed E-state index contributed by atoms with van der Waals surface area (Å²) >= 11 is 0. The second-order valence-corrected chi connectivity index (χ2v) is 10.9. The Bertz CT molecular complexity index is 1230. The summed E-state index contributed by atoms with van der Waals surface area (Å²) in [6.45, 7) is 15.6. The summed E-state index contributed by atoms with van der Waals surface area (Å²) in [5.74, 6) is 0.558. The molecule has 37 heavy (non-hydrogen) atoms. The van der Waals surface area contributed by atoms with Crippen molar-refractivity contribution in [3.05, 3.63) is 76.2 Å². The number of nitrogens with one attached hydrogen (secondary N) is 1. The SMILES string of the molecule is C=C1/C=C(C#N)\C=C/C/C(C)=C(/C(C)(C)c2cc(N3CCN(C(=O)C4CC4)CC3)c(CC)cc2C=O)N1. The normalized spacial score (nSPS) is 23.1. The minimum atomic E-state index is -0.521. The Morgan fingerprint density at radius 2 is 1.95 bits per heavy atom. The van der Waals surface area contributed by atoms with Gasteiger partial charge in [-0.1, -0.05) is 33.4 Å². The van der Waals surface area contributed by atoms with Crippen molar-refractivity contribution >= 4 is 17.9 Å². The van der Waals surface area contributed by atoms with Crippen molar-refractivity contribution in [2.45, 2.75) is 58.8 Å². The van der Waals surface area contributed by atoms with Crippen LogP contribution in [0.3, 0.4) is 0 Å². The number of nitriles is 1. The fourth-order valence-corrected chi connectivity index (χ4v) is 5.52. The smallest absolute Gasteiger partial charge is 0.225 e. The molecule has 1 saturated heterocycles. The highest BCUT2D eigenvalue weighted by molar-refractivity contribution is 5.82. The summed E-state index contributed by atoms with van der Waals surface area (Å²) in [6.07, 6.45) is 10.1. The number of nitrogens with zero attached hydrogens (tertiary/aromatic N) is 3. The van der Waals surface area contributed by atoms with E-state index in [9.17, 15) is 14.9 Å². The number of carbonyl (C=O) groups is 2. The molecule has 4 rings (SSSR count). The van der Waals surface area contributed by atoms with Gasteiger partial charge < -0.3 is 15.1 Å². The molecular weight excluding hydrogens is 460 g/mol. The summed E-state index contributed by atoms with van der Waals surface area (Å²) in [6, 6.07) is 6.42. The molecule has 1 saturated carbocycles. The predicted octanol–water partition coefficient (Wildman–Crippen LogP) is 5.18. The summed E-state index contributed by atoms with van der Waals surface area (Å²) in [5, 5.41) is 12.9. The molecule has 194 valence electrons. The van der Waals surface area contributed by atoms with Crippen molar-refractivity contribution in [1.29, 1.82) is 5.26 Å². The number of hydrogen-bond acceptors (Lipinski definition) is 5. The quantitative estimate of drug-likeness (QED) is 0.547. The molecular formula is C31H38N4O2. The van der Waals surface area contributed by atoms with Gasteiger partial charge in [0, 0.05) is 60.2 Å². The molecule has 6 heteroatoms. The highest BCUT2D eigenvalue weighted by Gasteiger charge is 2.36. The first-order valence-electron chi connectivity index (χ1n) is 13.3. The summed E-state index contributed by atoms with van der Waals surface area (Å²) in [7, 11) is 0. The second kappa shape index (κ2) is 10.8. The number of aldehydes is 1. The molecule has 2 aliphatic heterocycles. The van der Waals surface area contributed by atoms with Gasteiger partial charge in [-0.05, 0) is 73.6 Å². The van der Waals surface area contributed by atoms with Crippen LogP contribution in [-0.2, 0) is 16.6 Å². The second-order valence-electron chi connectivity index (χ2n) is 10.9. The van der Waals surface area contributed by atoms with Crippen LogP contribution in [0, 0.1) is 17.2 Å². The zero-order valence-electron chi connectivity index (χ0n) is 22.6. The van der Waals surface area contributed by atoms with Gasteiger partial charge in [0.2, 0.25) is 5.91 Å². The summed E-state index contributed by atoms with van der Waals surface area (Å²) in [5.41, 5.74) is 6.69. The Labute approximate surface area is 221 Å². The van der Waals surface area contributed by atoms with Crippen LogP contribution in [0.1, 0.15) is 68.4 Å². The number of amides is 1. The van der Waals surface area contributed by atoms with E-state index in [2.05, 4.69) is 56.6 Å². The molecule has 2 fully saturated rings. The van der Waals surface area contributed by atoms with Crippen LogP contribution in [-0.4, -0.2) is 43.3 Å². The van der Waals surface area contributed by atoms with Gasteiger partial charge in [-0.25, -0.2) is 0 Å². The van der Waals surface area contributed by atoms with E-state index in [1.54, 1.807) is 6.08 Å². The van der Waals surface area contributed by atoms with Gasteiger partial charge in [-0.15, -0.1) is 0 Å². The standard InChI is InChI=1S/C31H38N4O2/c1-6-24-17-26(20-36)27(18-28(24)34-12-14-35(15-13-34)30(37)25-10-11-25)31(4,5)29-21(2)8-7-9-23(19-32)16-22(3)33-29/h7,9,16-18,20,25,33H,3,6,8,10-15H2,1-2,4-5H3/b9-7-,23-16+,29-21-. The highest BCUT2D eigenvalue weighted by atomic mass is 16.2. The number of rotatable bonds is 6. The van der Waals surface area contributed by atoms with Gasteiger partial charge in [0.1, 0.15) is 6.29 Å². The van der Waals surface area contributed by atoms with E-state index in [-0.39, 0.29) is 5.92 Å². The fraction of sp³-hybridized carbons (Fsp3) is 0.452. The molecule has 0 spiro atoms. The molecule has 1 amide bonds. The molecule has 0 radical (unpaired) electrons. The lowest BCUT2D eigenvalue weighted by atomic mass is 9.76. The van der Waals surface area contributed by atoms with Gasteiger partial charge in [-0.3, -0.25) is 9.59 Å². The number of carbonyl (C=O) groups excluding carboxylic acids is 2. The first-order chi connectivity index (χ1) is 17.7. The topological polar surface area (TPSA) is 76.4 Å². The van der Waals surface area contributed by atoms with E-state index in [1.165, 1.54) is 0 Å². The van der Waals surface area contributed by atoms with Crippen LogP contribution >= 0.6 is 0 Å². The Balaban J connectivity index is 1.70. The molecule has 1 aromatic carbocycles. The third kappa shape index (κ3) is 5.56. The molecule has 0 bridgehead atoms. The van der Waals surface area contributed by atoms with E-state index in [0.717, 1.165) is 79.8 Å². The number of allylic oxidation sites excluding steroid dienone is 6. The molecule has 6 nitrogen and oxygen atoms in total. The van der Waals surface area contributed by atoms with E-state index >= 15 is 0 Å². The maximum atomic E-state index is 12.6. The first-order valence-corrected chi connectivity index (χ1v) is 13.3. The highest BCUT2D eigenvalue weighted by Crippen LogP contribution is 2.39. The molecule has 2 heterocycles. The Hall–Kier alpha value is -3.59. The van der Waals surface area contributed by atoms with Gasteiger partial charge in [0.15, 0.2) is 0 Å². The number of anilines is 1. The number of piperazine rings is 1. The maximum absolute atomic E-state index is 12.6. The van der Waals surface area contributed by atoms with E-state index in [1.807, 2.05) is 23.1 Å². The van der Waals surface area contributed by atoms with Crippen LogP contribution in [0.15, 0.2) is 59.5 Å². The van der Waals surface area contributed by atoms with Crippen molar-refractivity contribution in [3.8, 4) is 6.07 Å². The van der Waals surface area contributed by atoms with Crippen LogP contribution in [0.4, 0.5) is 5.69 Å². The molecule has 1 aliphatic carbocycles. The third-order valence-corrected chi connectivity index (χ3v) is 7.81.